The van der Waals surface area contributed by atoms with Gasteiger partial charge in [-0.3, -0.25) is 4.79 Å². The first kappa shape index (κ1) is 16.5. The highest BCUT2D eigenvalue weighted by Crippen LogP contribution is 2.27. The fraction of sp³-hybridized carbons (Fsp3) is 0.0909. The number of rotatable bonds is 4. The third kappa shape index (κ3) is 4.10. The molecule has 0 fully saturated rings. The van der Waals surface area contributed by atoms with Gasteiger partial charge in [-0.2, -0.15) is 0 Å². The first-order valence-corrected chi connectivity index (χ1v) is 6.10. The number of amides is 1. The molecule has 12 heteroatoms. The zero-order valence-corrected chi connectivity index (χ0v) is 11.6. The number of benzene rings is 1. The van der Waals surface area contributed by atoms with Gasteiger partial charge < -0.3 is 20.2 Å². The number of ether oxygens (including phenoxy) is 1. The van der Waals surface area contributed by atoms with E-state index >= 15 is 0 Å². The Kier molecular flexibility index (Phi) is 4.40. The molecule has 0 unspecified atom stereocenters. The molecule has 1 aromatic heterocycles. The second-order valence-corrected chi connectivity index (χ2v) is 4.40. The Morgan fingerprint density at radius 2 is 1.96 bits per heavy atom. The lowest BCUT2D eigenvalue weighted by molar-refractivity contribution is -0.389. The number of nitrogens with one attached hydrogen (secondary N) is 2. The van der Waals surface area contributed by atoms with E-state index in [1.807, 2.05) is 5.10 Å². The summed E-state index contributed by atoms with van der Waals surface area (Å²) in [6.07, 6.45) is -4.83. The summed E-state index contributed by atoms with van der Waals surface area (Å²) in [5.41, 5.74) is -0.305. The van der Waals surface area contributed by atoms with Crippen molar-refractivity contribution in [2.75, 3.05) is 5.32 Å². The number of nitro groups is 1. The zero-order chi connectivity index (χ0) is 17.2. The molecule has 8 nitrogen and oxygen atoms in total. The van der Waals surface area contributed by atoms with Crippen LogP contribution in [0.2, 0.25) is 5.02 Å². The number of nitrogens with zero attached hydrogens (tertiary/aromatic N) is 2. The van der Waals surface area contributed by atoms with Crippen molar-refractivity contribution in [3.8, 4) is 5.75 Å². The minimum Gasteiger partial charge on any atom is -0.406 e. The van der Waals surface area contributed by atoms with E-state index in [0.29, 0.717) is 0 Å². The van der Waals surface area contributed by atoms with Gasteiger partial charge in [0.05, 0.1) is 0 Å². The van der Waals surface area contributed by atoms with E-state index in [9.17, 15) is 28.1 Å². The highest BCUT2D eigenvalue weighted by molar-refractivity contribution is 6.35. The first-order chi connectivity index (χ1) is 10.7. The summed E-state index contributed by atoms with van der Waals surface area (Å²) in [4.78, 5) is 21.6. The average Bonchev–Trinajstić information content (AvgIpc) is 2.81. The Morgan fingerprint density at radius 1 is 1.35 bits per heavy atom. The Hall–Kier alpha value is -2.82. The number of hydrogen-bond acceptors (Lipinski definition) is 5. The molecule has 0 bridgehead atoms. The van der Waals surface area contributed by atoms with Gasteiger partial charge in [0, 0.05) is 5.69 Å². The van der Waals surface area contributed by atoms with Crippen LogP contribution in [0.5, 0.6) is 5.75 Å². The summed E-state index contributed by atoms with van der Waals surface area (Å²) < 4.78 is 39.7. The fourth-order valence-corrected chi connectivity index (χ4v) is 1.76. The normalized spacial score (nSPS) is 11.1. The van der Waals surface area contributed by atoms with Crippen LogP contribution in [0.25, 0.3) is 0 Å². The lowest BCUT2D eigenvalue weighted by Gasteiger charge is -2.09. The maximum atomic E-state index is 12.0. The highest BCUT2D eigenvalue weighted by Gasteiger charge is 2.31. The van der Waals surface area contributed by atoms with Gasteiger partial charge in [-0.05, 0) is 29.2 Å². The molecular weight excluding hydrogens is 345 g/mol. The Labute approximate surface area is 130 Å². The van der Waals surface area contributed by atoms with Gasteiger partial charge in [-0.1, -0.05) is 16.7 Å². The van der Waals surface area contributed by atoms with Crippen LogP contribution in [0.1, 0.15) is 10.5 Å². The molecule has 0 saturated heterocycles. The number of H-pyrrole nitrogens is 1. The molecular formula is C11H6ClF3N4O4. The topological polar surface area (TPSA) is 110 Å². The van der Waals surface area contributed by atoms with Gasteiger partial charge >= 0.3 is 12.2 Å². The first-order valence-electron chi connectivity index (χ1n) is 5.73. The van der Waals surface area contributed by atoms with Crippen molar-refractivity contribution in [3.63, 3.8) is 0 Å². The Balaban J connectivity index is 2.10. The number of anilines is 1. The van der Waals surface area contributed by atoms with Crippen LogP contribution in [0, 0.1) is 10.1 Å². The summed E-state index contributed by atoms with van der Waals surface area (Å²) >= 11 is 5.64. The van der Waals surface area contributed by atoms with Crippen LogP contribution in [0.15, 0.2) is 24.3 Å². The van der Waals surface area contributed by atoms with Crippen molar-refractivity contribution in [3.05, 3.63) is 45.1 Å². The van der Waals surface area contributed by atoms with Crippen LogP contribution >= 0.6 is 11.6 Å². The van der Waals surface area contributed by atoms with Gasteiger partial charge in [0.2, 0.25) is 0 Å². The predicted octanol–water partition coefficient (Wildman–Crippen LogP) is 3.12. The molecule has 0 atom stereocenters. The zero-order valence-electron chi connectivity index (χ0n) is 10.8. The Morgan fingerprint density at radius 3 is 2.43 bits per heavy atom. The van der Waals surface area contributed by atoms with E-state index in [0.717, 1.165) is 24.3 Å². The minimum absolute atomic E-state index is 0.117. The second-order valence-electron chi connectivity index (χ2n) is 4.02. The van der Waals surface area contributed by atoms with E-state index in [1.54, 1.807) is 0 Å². The molecule has 1 heterocycles. The van der Waals surface area contributed by atoms with E-state index in [2.05, 4.69) is 15.2 Å². The molecule has 0 aliphatic carbocycles. The summed E-state index contributed by atoms with van der Waals surface area (Å²) in [6, 6.07) is 4.26. The number of carbonyl (C=O) groups excluding carboxylic acids is 1. The molecule has 1 amide bonds. The van der Waals surface area contributed by atoms with Gasteiger partial charge in [0.15, 0.2) is 10.7 Å². The van der Waals surface area contributed by atoms with Gasteiger partial charge in [-0.25, -0.2) is 0 Å². The molecule has 0 aliphatic heterocycles. The molecule has 0 radical (unpaired) electrons. The summed E-state index contributed by atoms with van der Waals surface area (Å²) in [5, 5.41) is 17.8. The molecule has 1 aromatic carbocycles. The average molecular weight is 351 g/mol. The third-order valence-electron chi connectivity index (χ3n) is 2.43. The number of hydrogen-bond donors (Lipinski definition) is 2. The molecule has 2 aromatic rings. The molecule has 2 N–H and O–H groups in total. The molecule has 0 saturated carbocycles. The SMILES string of the molecule is O=C(Nc1ccc(OC(F)(F)F)cc1)c1n[nH]c([N+](=O)[O-])c1Cl. The number of carbonyl (C=O) groups is 1. The van der Waals surface area contributed by atoms with Crippen LogP contribution in [-0.4, -0.2) is 27.4 Å². The van der Waals surface area contributed by atoms with Crippen LogP contribution in [0.4, 0.5) is 24.7 Å². The monoisotopic (exact) mass is 350 g/mol. The third-order valence-corrected chi connectivity index (χ3v) is 2.79. The molecule has 2 rings (SSSR count). The number of alkyl halides is 3. The van der Waals surface area contributed by atoms with E-state index in [4.69, 9.17) is 11.6 Å². The van der Waals surface area contributed by atoms with Crippen LogP contribution in [0.3, 0.4) is 0 Å². The molecule has 122 valence electrons. The lowest BCUT2D eigenvalue weighted by Crippen LogP contribution is -2.17. The van der Waals surface area contributed by atoms with Gasteiger partial charge in [0.1, 0.15) is 5.75 Å². The lowest BCUT2D eigenvalue weighted by atomic mass is 10.3. The van der Waals surface area contributed by atoms with Crippen molar-refractivity contribution >= 4 is 29.0 Å². The van der Waals surface area contributed by atoms with Crippen LogP contribution in [-0.2, 0) is 0 Å². The standard InChI is InChI=1S/C11H6ClF3N4O4/c12-7-8(17-18-9(7)19(21)22)10(20)16-5-1-3-6(4-2-5)23-11(13,14)15/h1-4H,(H,16,20)(H,17,18). The quantitative estimate of drug-likeness (QED) is 0.650. The van der Waals surface area contributed by atoms with Crippen LogP contribution < -0.4 is 10.1 Å². The predicted molar refractivity (Wildman–Crippen MR) is 71.3 cm³/mol. The van der Waals surface area contributed by atoms with E-state index in [-0.39, 0.29) is 5.69 Å². The molecule has 23 heavy (non-hydrogen) atoms. The smallest absolute Gasteiger partial charge is 0.406 e. The van der Waals surface area contributed by atoms with Crippen molar-refractivity contribution < 1.29 is 27.6 Å². The summed E-state index contributed by atoms with van der Waals surface area (Å²) in [7, 11) is 0. The maximum Gasteiger partial charge on any atom is 0.573 e. The van der Waals surface area contributed by atoms with Gasteiger partial charge in [-0.15, -0.1) is 18.3 Å². The Bertz CT molecular complexity index is 745. The summed E-state index contributed by atoms with van der Waals surface area (Å²) in [5.74, 6) is -1.99. The number of aromatic amines is 1. The molecule has 0 spiro atoms. The van der Waals surface area contributed by atoms with E-state index in [1.165, 1.54) is 0 Å². The molecule has 0 aliphatic rings. The minimum atomic E-state index is -4.83. The van der Waals surface area contributed by atoms with Crippen molar-refractivity contribution in [1.82, 2.24) is 10.2 Å². The highest BCUT2D eigenvalue weighted by atomic mass is 35.5. The van der Waals surface area contributed by atoms with E-state index < -0.39 is 39.5 Å². The maximum absolute atomic E-state index is 12.0. The number of halogens is 4. The number of aromatic nitrogens is 2. The van der Waals surface area contributed by atoms with Crippen molar-refractivity contribution in [2.45, 2.75) is 6.36 Å². The van der Waals surface area contributed by atoms with Gasteiger partial charge in [0.25, 0.3) is 5.91 Å². The fourth-order valence-electron chi connectivity index (χ4n) is 1.52. The summed E-state index contributed by atoms with van der Waals surface area (Å²) in [6.45, 7) is 0. The second kappa shape index (κ2) is 6.12. The van der Waals surface area contributed by atoms with Crippen molar-refractivity contribution in [2.24, 2.45) is 0 Å². The largest absolute Gasteiger partial charge is 0.573 e. The van der Waals surface area contributed by atoms with Crippen molar-refractivity contribution in [1.29, 1.82) is 0 Å².